The van der Waals surface area contributed by atoms with E-state index in [9.17, 15) is 4.79 Å². The largest absolute Gasteiger partial charge is 0.489 e. The fourth-order valence-corrected chi connectivity index (χ4v) is 2.26. The van der Waals surface area contributed by atoms with Gasteiger partial charge >= 0.3 is 0 Å². The molecule has 0 aliphatic carbocycles. The molecule has 0 aromatic heterocycles. The molecule has 1 aromatic carbocycles. The second kappa shape index (κ2) is 5.57. The van der Waals surface area contributed by atoms with Gasteiger partial charge in [0.1, 0.15) is 0 Å². The molecule has 0 fully saturated rings. The SMILES string of the molecule is CC(=O)/C(C)=C/c1cc(Br)c2c(c1)OCCCO2. The summed E-state index contributed by atoms with van der Waals surface area (Å²) in [5.41, 5.74) is 1.65. The van der Waals surface area contributed by atoms with Crippen LogP contribution in [0, 0.1) is 0 Å². The zero-order valence-electron chi connectivity index (χ0n) is 10.5. The van der Waals surface area contributed by atoms with E-state index in [4.69, 9.17) is 9.47 Å². The molecule has 0 bridgehead atoms. The Bertz CT molecular complexity index is 506. The first-order valence-corrected chi connectivity index (χ1v) is 6.65. The van der Waals surface area contributed by atoms with Gasteiger partial charge in [-0.3, -0.25) is 4.79 Å². The molecule has 0 unspecified atom stereocenters. The lowest BCUT2D eigenvalue weighted by atomic mass is 10.1. The molecule has 0 spiro atoms. The molecule has 96 valence electrons. The molecule has 0 atom stereocenters. The minimum absolute atomic E-state index is 0.0678. The normalized spacial score (nSPS) is 15.2. The van der Waals surface area contributed by atoms with Gasteiger partial charge in [-0.15, -0.1) is 0 Å². The number of benzene rings is 1. The molecule has 0 radical (unpaired) electrons. The molecule has 1 aromatic rings. The number of rotatable bonds is 2. The van der Waals surface area contributed by atoms with Gasteiger partial charge < -0.3 is 9.47 Å². The summed E-state index contributed by atoms with van der Waals surface area (Å²) in [6.07, 6.45) is 2.72. The van der Waals surface area contributed by atoms with E-state index in [-0.39, 0.29) is 5.78 Å². The van der Waals surface area contributed by atoms with Crippen molar-refractivity contribution < 1.29 is 14.3 Å². The van der Waals surface area contributed by atoms with Crippen molar-refractivity contribution in [3.8, 4) is 11.5 Å². The van der Waals surface area contributed by atoms with Crippen LogP contribution in [0.5, 0.6) is 11.5 Å². The van der Waals surface area contributed by atoms with Crippen molar-refractivity contribution in [1.82, 2.24) is 0 Å². The number of ketones is 1. The first kappa shape index (κ1) is 13.1. The molecule has 18 heavy (non-hydrogen) atoms. The quantitative estimate of drug-likeness (QED) is 0.783. The average Bonchev–Trinajstić information content (AvgIpc) is 2.54. The fraction of sp³-hybridized carbons (Fsp3) is 0.357. The Labute approximate surface area is 115 Å². The van der Waals surface area contributed by atoms with E-state index in [0.29, 0.717) is 13.2 Å². The van der Waals surface area contributed by atoms with Crippen LogP contribution in [0.4, 0.5) is 0 Å². The molecule has 1 heterocycles. The summed E-state index contributed by atoms with van der Waals surface area (Å²) < 4.78 is 12.1. The molecule has 2 rings (SSSR count). The monoisotopic (exact) mass is 310 g/mol. The number of carbonyl (C=O) groups is 1. The molecule has 4 heteroatoms. The predicted octanol–water partition coefficient (Wildman–Crippen LogP) is 3.60. The van der Waals surface area contributed by atoms with Crippen LogP contribution >= 0.6 is 15.9 Å². The van der Waals surface area contributed by atoms with Gasteiger partial charge in [-0.2, -0.15) is 0 Å². The third-order valence-electron chi connectivity index (χ3n) is 2.76. The Hall–Kier alpha value is -1.29. The Morgan fingerprint density at radius 3 is 2.72 bits per heavy atom. The molecule has 1 aliphatic heterocycles. The Balaban J connectivity index is 2.40. The first-order chi connectivity index (χ1) is 8.58. The smallest absolute Gasteiger partial charge is 0.175 e. The number of carbonyl (C=O) groups excluding carboxylic acids is 1. The minimum Gasteiger partial charge on any atom is -0.489 e. The fourth-order valence-electron chi connectivity index (χ4n) is 1.69. The maximum absolute atomic E-state index is 11.2. The van der Waals surface area contributed by atoms with Gasteiger partial charge in [-0.1, -0.05) is 0 Å². The summed E-state index contributed by atoms with van der Waals surface area (Å²) in [7, 11) is 0. The number of ether oxygens (including phenoxy) is 2. The maximum atomic E-state index is 11.2. The van der Waals surface area contributed by atoms with Gasteiger partial charge in [-0.25, -0.2) is 0 Å². The second-order valence-corrected chi connectivity index (χ2v) is 5.12. The van der Waals surface area contributed by atoms with Crippen molar-refractivity contribution in [2.24, 2.45) is 0 Å². The van der Waals surface area contributed by atoms with Crippen LogP contribution in [0.2, 0.25) is 0 Å². The average molecular weight is 311 g/mol. The van der Waals surface area contributed by atoms with Gasteiger partial charge in [0.25, 0.3) is 0 Å². The van der Waals surface area contributed by atoms with Crippen molar-refractivity contribution >= 4 is 27.8 Å². The van der Waals surface area contributed by atoms with Crippen LogP contribution in [0.3, 0.4) is 0 Å². The molecule has 0 amide bonds. The minimum atomic E-state index is 0.0678. The highest BCUT2D eigenvalue weighted by molar-refractivity contribution is 9.10. The van der Waals surface area contributed by atoms with Crippen molar-refractivity contribution in [3.63, 3.8) is 0 Å². The van der Waals surface area contributed by atoms with Crippen molar-refractivity contribution in [1.29, 1.82) is 0 Å². The van der Waals surface area contributed by atoms with Crippen LogP contribution in [-0.4, -0.2) is 19.0 Å². The van der Waals surface area contributed by atoms with E-state index in [1.54, 1.807) is 13.8 Å². The summed E-state index contributed by atoms with van der Waals surface area (Å²) in [5, 5.41) is 0. The number of Topliss-reactive ketones (excluding diaryl/α,β-unsaturated/α-hetero) is 1. The molecule has 1 aliphatic rings. The first-order valence-electron chi connectivity index (χ1n) is 5.86. The summed E-state index contributed by atoms with van der Waals surface area (Å²) in [5.74, 6) is 1.54. The van der Waals surface area contributed by atoms with Crippen LogP contribution in [0.25, 0.3) is 6.08 Å². The summed E-state index contributed by atoms with van der Waals surface area (Å²) >= 11 is 3.48. The van der Waals surface area contributed by atoms with Gasteiger partial charge in [0.2, 0.25) is 0 Å². The van der Waals surface area contributed by atoms with Gasteiger partial charge in [0, 0.05) is 6.42 Å². The molecule has 3 nitrogen and oxygen atoms in total. The lowest BCUT2D eigenvalue weighted by molar-refractivity contribution is -0.113. The highest BCUT2D eigenvalue weighted by atomic mass is 79.9. The number of hydrogen-bond donors (Lipinski definition) is 0. The molecule has 0 saturated carbocycles. The van der Waals surface area contributed by atoms with E-state index < -0.39 is 0 Å². The van der Waals surface area contributed by atoms with Gasteiger partial charge in [0.15, 0.2) is 17.3 Å². The summed E-state index contributed by atoms with van der Waals surface area (Å²) in [6, 6.07) is 3.83. The standard InChI is InChI=1S/C14H15BrO3/c1-9(10(2)16)6-11-7-12(15)14-13(8-11)17-4-3-5-18-14/h6-8H,3-5H2,1-2H3/b9-6+. The van der Waals surface area contributed by atoms with Crippen molar-refractivity contribution in [2.75, 3.05) is 13.2 Å². The Kier molecular flexibility index (Phi) is 4.07. The topological polar surface area (TPSA) is 35.5 Å². The lowest BCUT2D eigenvalue weighted by Gasteiger charge is -2.10. The van der Waals surface area contributed by atoms with Gasteiger partial charge in [-0.05, 0) is 59.1 Å². The van der Waals surface area contributed by atoms with Crippen LogP contribution in [0.15, 0.2) is 22.2 Å². The van der Waals surface area contributed by atoms with E-state index in [1.165, 1.54) is 0 Å². The number of halogens is 1. The Morgan fingerprint density at radius 2 is 2.00 bits per heavy atom. The molecule has 0 N–H and O–H groups in total. The number of fused-ring (bicyclic) bond motifs is 1. The molecule has 0 saturated heterocycles. The summed E-state index contributed by atoms with van der Waals surface area (Å²) in [4.78, 5) is 11.2. The van der Waals surface area contributed by atoms with E-state index in [2.05, 4.69) is 15.9 Å². The lowest BCUT2D eigenvalue weighted by Crippen LogP contribution is -1.97. The Morgan fingerprint density at radius 1 is 1.28 bits per heavy atom. The van der Waals surface area contributed by atoms with Crippen molar-refractivity contribution in [2.45, 2.75) is 20.3 Å². The second-order valence-electron chi connectivity index (χ2n) is 4.26. The maximum Gasteiger partial charge on any atom is 0.175 e. The number of allylic oxidation sites excluding steroid dienone is 1. The highest BCUT2D eigenvalue weighted by Crippen LogP contribution is 2.38. The molecular formula is C14H15BrO3. The summed E-state index contributed by atoms with van der Waals surface area (Å²) in [6.45, 7) is 4.68. The van der Waals surface area contributed by atoms with Crippen molar-refractivity contribution in [3.05, 3.63) is 27.7 Å². The number of hydrogen-bond acceptors (Lipinski definition) is 3. The zero-order valence-corrected chi connectivity index (χ0v) is 12.0. The third kappa shape index (κ3) is 2.93. The predicted molar refractivity (Wildman–Crippen MR) is 74.1 cm³/mol. The highest BCUT2D eigenvalue weighted by Gasteiger charge is 2.14. The van der Waals surface area contributed by atoms with Gasteiger partial charge in [0.05, 0.1) is 17.7 Å². The van der Waals surface area contributed by atoms with E-state index in [0.717, 1.165) is 33.5 Å². The van der Waals surface area contributed by atoms with E-state index in [1.807, 2.05) is 18.2 Å². The van der Waals surface area contributed by atoms with Crippen LogP contribution in [0.1, 0.15) is 25.8 Å². The van der Waals surface area contributed by atoms with E-state index >= 15 is 0 Å². The van der Waals surface area contributed by atoms with Crippen LogP contribution < -0.4 is 9.47 Å². The van der Waals surface area contributed by atoms with Crippen LogP contribution in [-0.2, 0) is 4.79 Å². The molecular weight excluding hydrogens is 296 g/mol. The zero-order chi connectivity index (χ0) is 13.1. The third-order valence-corrected chi connectivity index (χ3v) is 3.35.